The number of alkyl halides is 3. The fourth-order valence-electron chi connectivity index (χ4n) is 3.56. The number of fused-ring (bicyclic) bond motifs is 3. The van der Waals surface area contributed by atoms with E-state index in [1.165, 1.54) is 12.3 Å². The van der Waals surface area contributed by atoms with Crippen LogP contribution in [-0.4, -0.2) is 32.2 Å². The Morgan fingerprint density at radius 3 is 2.84 bits per heavy atom. The predicted octanol–water partition coefficient (Wildman–Crippen LogP) is 4.22. The van der Waals surface area contributed by atoms with Gasteiger partial charge in [-0.2, -0.15) is 23.4 Å². The molecule has 1 aromatic carbocycles. The summed E-state index contributed by atoms with van der Waals surface area (Å²) < 4.78 is 52.7. The lowest BCUT2D eigenvalue weighted by Crippen LogP contribution is -2.23. The molecular weight excluding hydrogens is 423 g/mol. The zero-order valence-electron chi connectivity index (χ0n) is 16.4. The van der Waals surface area contributed by atoms with Crippen molar-refractivity contribution in [2.75, 3.05) is 6.61 Å². The first-order chi connectivity index (χ1) is 15.4. The third-order valence-electron chi connectivity index (χ3n) is 5.02. The molecule has 7 nitrogen and oxygen atoms in total. The average Bonchev–Trinajstić information content (AvgIpc) is 3.34. The number of aromatic nitrogens is 4. The molecule has 0 unspecified atom stereocenters. The molecule has 0 amide bonds. The van der Waals surface area contributed by atoms with Gasteiger partial charge in [0.25, 0.3) is 6.01 Å². The maximum atomic E-state index is 13.0. The van der Waals surface area contributed by atoms with E-state index in [-0.39, 0.29) is 24.0 Å². The van der Waals surface area contributed by atoms with E-state index in [1.54, 1.807) is 24.3 Å². The number of hydrogen-bond acceptors (Lipinski definition) is 6. The molecule has 1 aliphatic rings. The highest BCUT2D eigenvalue weighted by atomic mass is 19.4. The fraction of sp³-hybridized carbons (Fsp3) is 0.182. The number of benzene rings is 1. The largest absolute Gasteiger partial charge is 0.487 e. The molecule has 10 heteroatoms. The van der Waals surface area contributed by atoms with Crippen LogP contribution in [0.25, 0.3) is 22.3 Å². The SMILES string of the molecule is N#Cc1ccc2c(c1)nc1n2C[C@@H](COc2cccnc2-c2ccnc(C(F)(F)F)c2)O1. The summed E-state index contributed by atoms with van der Waals surface area (Å²) in [6.07, 6.45) is -2.31. The Hall–Kier alpha value is -4.13. The molecular formula is C22H14F3N5O2. The Bertz CT molecular complexity index is 1360. The standard InChI is InChI=1S/C22H14F3N5O2/c23-22(24,25)19-9-14(5-7-27-19)20-18(2-1-6-28-20)31-12-15-11-30-17-4-3-13(10-26)8-16(17)29-21(30)32-15/h1-9,15H,11-12H2/t15-/m0/s1. The molecule has 0 spiro atoms. The van der Waals surface area contributed by atoms with Crippen LogP contribution in [0, 0.1) is 11.3 Å². The molecule has 32 heavy (non-hydrogen) atoms. The molecule has 4 heterocycles. The van der Waals surface area contributed by atoms with Gasteiger partial charge in [0.15, 0.2) is 6.10 Å². The molecule has 4 aromatic rings. The van der Waals surface area contributed by atoms with Gasteiger partial charge in [-0.25, -0.2) is 0 Å². The number of ether oxygens (including phenoxy) is 2. The summed E-state index contributed by atoms with van der Waals surface area (Å²) in [6, 6.07) is 13.4. The minimum atomic E-state index is -4.55. The van der Waals surface area contributed by atoms with E-state index in [0.29, 0.717) is 29.4 Å². The molecule has 0 fully saturated rings. The summed E-state index contributed by atoms with van der Waals surface area (Å²) in [6.45, 7) is 0.637. The van der Waals surface area contributed by atoms with Gasteiger partial charge in [0, 0.05) is 18.0 Å². The fourth-order valence-corrected chi connectivity index (χ4v) is 3.56. The van der Waals surface area contributed by atoms with Crippen LogP contribution < -0.4 is 9.47 Å². The Morgan fingerprint density at radius 2 is 2.03 bits per heavy atom. The third-order valence-corrected chi connectivity index (χ3v) is 5.02. The molecule has 0 aliphatic carbocycles. The lowest BCUT2D eigenvalue weighted by Gasteiger charge is -2.14. The Kier molecular flexibility index (Phi) is 4.66. The van der Waals surface area contributed by atoms with Crippen molar-refractivity contribution < 1.29 is 22.6 Å². The number of imidazole rings is 1. The van der Waals surface area contributed by atoms with Gasteiger partial charge in [0.2, 0.25) is 0 Å². The Balaban J connectivity index is 1.34. The molecule has 0 N–H and O–H groups in total. The van der Waals surface area contributed by atoms with Crippen LogP contribution >= 0.6 is 0 Å². The zero-order chi connectivity index (χ0) is 22.3. The van der Waals surface area contributed by atoms with Crippen LogP contribution in [0.5, 0.6) is 11.8 Å². The monoisotopic (exact) mass is 437 g/mol. The molecule has 3 aromatic heterocycles. The van der Waals surface area contributed by atoms with Gasteiger partial charge in [-0.1, -0.05) is 0 Å². The number of rotatable bonds is 4. The summed E-state index contributed by atoms with van der Waals surface area (Å²) in [5.74, 6) is 0.337. The highest BCUT2D eigenvalue weighted by Crippen LogP contribution is 2.34. The van der Waals surface area contributed by atoms with Crippen LogP contribution in [0.4, 0.5) is 13.2 Å². The van der Waals surface area contributed by atoms with Crippen molar-refractivity contribution in [3.8, 4) is 29.1 Å². The van der Waals surface area contributed by atoms with E-state index in [9.17, 15) is 13.2 Å². The molecule has 0 radical (unpaired) electrons. The minimum Gasteiger partial charge on any atom is -0.487 e. The van der Waals surface area contributed by atoms with Crippen molar-refractivity contribution in [2.45, 2.75) is 18.8 Å². The Morgan fingerprint density at radius 1 is 1.16 bits per heavy atom. The van der Waals surface area contributed by atoms with Crippen LogP contribution in [0.2, 0.25) is 0 Å². The normalized spacial score (nSPS) is 15.2. The van der Waals surface area contributed by atoms with E-state index in [0.717, 1.165) is 17.8 Å². The maximum Gasteiger partial charge on any atom is 0.433 e. The Labute approximate surface area is 179 Å². The van der Waals surface area contributed by atoms with E-state index in [2.05, 4.69) is 21.0 Å². The minimum absolute atomic E-state index is 0.150. The van der Waals surface area contributed by atoms with E-state index in [4.69, 9.17) is 14.7 Å². The second-order valence-corrected chi connectivity index (χ2v) is 7.15. The lowest BCUT2D eigenvalue weighted by atomic mass is 10.1. The van der Waals surface area contributed by atoms with Gasteiger partial charge < -0.3 is 9.47 Å². The maximum absolute atomic E-state index is 13.0. The second kappa shape index (κ2) is 7.53. The van der Waals surface area contributed by atoms with Gasteiger partial charge in [-0.3, -0.25) is 14.5 Å². The topological polar surface area (TPSA) is 85.9 Å². The number of nitriles is 1. The van der Waals surface area contributed by atoms with Crippen LogP contribution in [0.15, 0.2) is 54.9 Å². The van der Waals surface area contributed by atoms with Crippen molar-refractivity contribution in [3.05, 3.63) is 66.1 Å². The second-order valence-electron chi connectivity index (χ2n) is 7.15. The molecule has 5 rings (SSSR count). The molecule has 1 aliphatic heterocycles. The number of halogens is 3. The molecule has 160 valence electrons. The smallest absolute Gasteiger partial charge is 0.433 e. The molecule has 0 saturated heterocycles. The number of nitrogens with zero attached hydrogens (tertiary/aromatic N) is 5. The highest BCUT2D eigenvalue weighted by molar-refractivity contribution is 5.78. The molecule has 1 atom stereocenters. The van der Waals surface area contributed by atoms with Crippen molar-refractivity contribution >= 4 is 11.0 Å². The van der Waals surface area contributed by atoms with E-state index >= 15 is 0 Å². The summed E-state index contributed by atoms with van der Waals surface area (Å²) >= 11 is 0. The molecule has 0 bridgehead atoms. The van der Waals surface area contributed by atoms with Crippen molar-refractivity contribution in [3.63, 3.8) is 0 Å². The van der Waals surface area contributed by atoms with Gasteiger partial charge in [-0.05, 0) is 42.5 Å². The van der Waals surface area contributed by atoms with Crippen molar-refractivity contribution in [2.24, 2.45) is 0 Å². The van der Waals surface area contributed by atoms with E-state index in [1.807, 2.05) is 10.6 Å². The first kappa shape index (κ1) is 19.8. The van der Waals surface area contributed by atoms with Crippen molar-refractivity contribution in [1.82, 2.24) is 19.5 Å². The van der Waals surface area contributed by atoms with Crippen LogP contribution in [0.1, 0.15) is 11.3 Å². The summed E-state index contributed by atoms with van der Waals surface area (Å²) in [5.41, 5.74) is 1.57. The van der Waals surface area contributed by atoms with E-state index < -0.39 is 11.9 Å². The van der Waals surface area contributed by atoms with Crippen LogP contribution in [0.3, 0.4) is 0 Å². The number of pyridine rings is 2. The zero-order valence-corrected chi connectivity index (χ0v) is 16.4. The third kappa shape index (κ3) is 3.58. The summed E-state index contributed by atoms with van der Waals surface area (Å²) in [7, 11) is 0. The van der Waals surface area contributed by atoms with Gasteiger partial charge in [0.05, 0.1) is 29.2 Å². The predicted molar refractivity (Wildman–Crippen MR) is 107 cm³/mol. The van der Waals surface area contributed by atoms with Gasteiger partial charge in [-0.15, -0.1) is 0 Å². The summed E-state index contributed by atoms with van der Waals surface area (Å²) in [5, 5.41) is 9.03. The van der Waals surface area contributed by atoms with Gasteiger partial charge in [0.1, 0.15) is 23.7 Å². The lowest BCUT2D eigenvalue weighted by molar-refractivity contribution is -0.141. The van der Waals surface area contributed by atoms with Crippen molar-refractivity contribution in [1.29, 1.82) is 5.26 Å². The first-order valence-corrected chi connectivity index (χ1v) is 9.61. The quantitative estimate of drug-likeness (QED) is 0.475. The first-order valence-electron chi connectivity index (χ1n) is 9.61. The summed E-state index contributed by atoms with van der Waals surface area (Å²) in [4.78, 5) is 12.0. The molecule has 0 saturated carbocycles. The van der Waals surface area contributed by atoms with Gasteiger partial charge >= 0.3 is 6.18 Å². The highest BCUT2D eigenvalue weighted by Gasteiger charge is 2.33. The average molecular weight is 437 g/mol. The number of hydrogen-bond donors (Lipinski definition) is 0. The van der Waals surface area contributed by atoms with Crippen LogP contribution in [-0.2, 0) is 12.7 Å².